The van der Waals surface area contributed by atoms with Crippen LogP contribution < -0.4 is 10.6 Å². The monoisotopic (exact) mass is 385 g/mol. The lowest BCUT2D eigenvalue weighted by atomic mass is 9.82. The van der Waals surface area contributed by atoms with Crippen molar-refractivity contribution in [2.45, 2.75) is 39.2 Å². The number of amides is 1. The molecule has 1 saturated heterocycles. The second-order valence-electron chi connectivity index (χ2n) is 8.37. The number of guanidine groups is 1. The Morgan fingerprint density at radius 3 is 2.57 bits per heavy atom. The maximum absolute atomic E-state index is 12.0. The molecule has 0 radical (unpaired) electrons. The van der Waals surface area contributed by atoms with Crippen LogP contribution in [0, 0.1) is 11.8 Å². The molecule has 28 heavy (non-hydrogen) atoms. The second-order valence-corrected chi connectivity index (χ2v) is 8.37. The molecule has 2 atom stereocenters. The van der Waals surface area contributed by atoms with Crippen molar-refractivity contribution in [3.63, 3.8) is 0 Å². The van der Waals surface area contributed by atoms with E-state index in [0.29, 0.717) is 13.1 Å². The summed E-state index contributed by atoms with van der Waals surface area (Å²) < 4.78 is 0. The number of hydrogen-bond donors (Lipinski definition) is 2. The van der Waals surface area contributed by atoms with Gasteiger partial charge in [0.1, 0.15) is 0 Å². The molecule has 2 fully saturated rings. The minimum Gasteiger partial charge on any atom is -0.357 e. The summed E-state index contributed by atoms with van der Waals surface area (Å²) in [5.74, 6) is 2.71. The van der Waals surface area contributed by atoms with E-state index in [0.717, 1.165) is 48.7 Å². The first-order valence-electron chi connectivity index (χ1n) is 10.6. The molecule has 1 amide bonds. The molecule has 1 heterocycles. The molecule has 2 aliphatic rings. The van der Waals surface area contributed by atoms with E-state index in [1.807, 2.05) is 37.2 Å². The van der Waals surface area contributed by atoms with Gasteiger partial charge in [0.25, 0.3) is 0 Å². The summed E-state index contributed by atoms with van der Waals surface area (Å²) in [6.07, 6.45) is 5.51. The summed E-state index contributed by atoms with van der Waals surface area (Å²) in [4.78, 5) is 21.2. The largest absolute Gasteiger partial charge is 0.357 e. The Bertz CT molecular complexity index is 673. The molecule has 6 heteroatoms. The first kappa shape index (κ1) is 20.6. The van der Waals surface area contributed by atoms with Crippen molar-refractivity contribution in [1.82, 2.24) is 15.1 Å². The predicted molar refractivity (Wildman–Crippen MR) is 115 cm³/mol. The molecular formula is C22H35N5O. The van der Waals surface area contributed by atoms with Crippen molar-refractivity contribution in [3.8, 4) is 0 Å². The quantitative estimate of drug-likeness (QED) is 0.584. The fourth-order valence-electron chi connectivity index (χ4n) is 4.41. The molecular weight excluding hydrogens is 350 g/mol. The standard InChI is InChI=1S/C22H35N5O/c1-4-23-22(27-14-18-9-5-6-10-19(18)15-27)24-13-17-8-7-11-20(12-17)25-21(28)16-26(2)3/h7-8,11-12,18-19H,4-6,9-10,13-16H2,1-3H3,(H,23,24)(H,25,28). The normalized spacial score (nSPS) is 22.3. The Morgan fingerprint density at radius 1 is 1.21 bits per heavy atom. The van der Waals surface area contributed by atoms with Gasteiger partial charge in [0.2, 0.25) is 5.91 Å². The lowest BCUT2D eigenvalue weighted by Gasteiger charge is -2.22. The van der Waals surface area contributed by atoms with E-state index in [1.54, 1.807) is 0 Å². The number of likely N-dealkylation sites (tertiary alicyclic amines) is 1. The summed E-state index contributed by atoms with van der Waals surface area (Å²) in [6, 6.07) is 7.99. The molecule has 1 aliphatic carbocycles. The lowest BCUT2D eigenvalue weighted by molar-refractivity contribution is -0.116. The van der Waals surface area contributed by atoms with Gasteiger partial charge in [-0.1, -0.05) is 25.0 Å². The van der Waals surface area contributed by atoms with Crippen LogP contribution in [0.2, 0.25) is 0 Å². The minimum atomic E-state index is -0.00124. The third-order valence-corrected chi connectivity index (χ3v) is 5.69. The van der Waals surface area contributed by atoms with Gasteiger partial charge in [-0.25, -0.2) is 4.99 Å². The highest BCUT2D eigenvalue weighted by molar-refractivity contribution is 5.92. The molecule has 2 unspecified atom stereocenters. The number of carbonyl (C=O) groups is 1. The van der Waals surface area contributed by atoms with Crippen LogP contribution in [-0.4, -0.2) is 61.9 Å². The number of rotatable bonds is 6. The van der Waals surface area contributed by atoms with Crippen molar-refractivity contribution in [2.24, 2.45) is 16.8 Å². The van der Waals surface area contributed by atoms with E-state index in [4.69, 9.17) is 4.99 Å². The summed E-state index contributed by atoms with van der Waals surface area (Å²) in [7, 11) is 3.78. The SMILES string of the molecule is CCNC(=NCc1cccc(NC(=O)CN(C)C)c1)N1CC2CCCCC2C1. The van der Waals surface area contributed by atoms with Gasteiger partial charge in [0.15, 0.2) is 5.96 Å². The molecule has 3 rings (SSSR count). The van der Waals surface area contributed by atoms with E-state index in [1.165, 1.54) is 25.7 Å². The van der Waals surface area contributed by atoms with Crippen LogP contribution >= 0.6 is 0 Å². The molecule has 1 aromatic carbocycles. The molecule has 1 aromatic rings. The van der Waals surface area contributed by atoms with Crippen LogP contribution in [0.15, 0.2) is 29.3 Å². The van der Waals surface area contributed by atoms with Crippen LogP contribution in [0.25, 0.3) is 0 Å². The molecule has 1 aliphatic heterocycles. The zero-order chi connectivity index (χ0) is 19.9. The van der Waals surface area contributed by atoms with Crippen LogP contribution in [0.1, 0.15) is 38.2 Å². The minimum absolute atomic E-state index is 0.00124. The lowest BCUT2D eigenvalue weighted by Crippen LogP contribution is -2.40. The first-order chi connectivity index (χ1) is 13.5. The smallest absolute Gasteiger partial charge is 0.238 e. The molecule has 0 aromatic heterocycles. The van der Waals surface area contributed by atoms with E-state index < -0.39 is 0 Å². The van der Waals surface area contributed by atoms with Gasteiger partial charge in [-0.3, -0.25) is 4.79 Å². The number of carbonyl (C=O) groups excluding carboxylic acids is 1. The maximum atomic E-state index is 12.0. The van der Waals surface area contributed by atoms with Gasteiger partial charge < -0.3 is 20.4 Å². The Balaban J connectivity index is 1.63. The highest BCUT2D eigenvalue weighted by atomic mass is 16.2. The number of anilines is 1. The number of fused-ring (bicyclic) bond motifs is 1. The number of benzene rings is 1. The summed E-state index contributed by atoms with van der Waals surface area (Å²) in [6.45, 7) is 6.27. The van der Waals surface area contributed by atoms with Crippen molar-refractivity contribution in [2.75, 3.05) is 45.6 Å². The van der Waals surface area contributed by atoms with Crippen LogP contribution in [0.5, 0.6) is 0 Å². The summed E-state index contributed by atoms with van der Waals surface area (Å²) in [5, 5.41) is 6.43. The first-order valence-corrected chi connectivity index (χ1v) is 10.6. The van der Waals surface area contributed by atoms with Crippen LogP contribution in [0.4, 0.5) is 5.69 Å². The zero-order valence-corrected chi connectivity index (χ0v) is 17.6. The number of aliphatic imine (C=N–C) groups is 1. The number of hydrogen-bond acceptors (Lipinski definition) is 3. The number of likely N-dealkylation sites (N-methyl/N-ethyl adjacent to an activating group) is 1. The van der Waals surface area contributed by atoms with E-state index in [2.05, 4.69) is 28.5 Å². The molecule has 0 spiro atoms. The molecule has 0 bridgehead atoms. The van der Waals surface area contributed by atoms with Crippen LogP contribution in [-0.2, 0) is 11.3 Å². The van der Waals surface area contributed by atoms with Crippen molar-refractivity contribution in [3.05, 3.63) is 29.8 Å². The zero-order valence-electron chi connectivity index (χ0n) is 17.6. The van der Waals surface area contributed by atoms with E-state index in [-0.39, 0.29) is 5.91 Å². The maximum Gasteiger partial charge on any atom is 0.238 e. The van der Waals surface area contributed by atoms with Crippen LogP contribution in [0.3, 0.4) is 0 Å². The second kappa shape index (κ2) is 9.92. The van der Waals surface area contributed by atoms with Gasteiger partial charge >= 0.3 is 0 Å². The predicted octanol–water partition coefficient (Wildman–Crippen LogP) is 2.77. The third kappa shape index (κ3) is 5.71. The van der Waals surface area contributed by atoms with E-state index in [9.17, 15) is 4.79 Å². The highest BCUT2D eigenvalue weighted by Gasteiger charge is 2.35. The van der Waals surface area contributed by atoms with Crippen molar-refractivity contribution >= 4 is 17.6 Å². The summed E-state index contributed by atoms with van der Waals surface area (Å²) in [5.41, 5.74) is 1.94. The number of nitrogens with one attached hydrogen (secondary N) is 2. The van der Waals surface area contributed by atoms with E-state index >= 15 is 0 Å². The topological polar surface area (TPSA) is 60.0 Å². The van der Waals surface area contributed by atoms with Gasteiger partial charge in [-0.05, 0) is 63.4 Å². The van der Waals surface area contributed by atoms with Gasteiger partial charge in [0.05, 0.1) is 13.1 Å². The fraction of sp³-hybridized carbons (Fsp3) is 0.636. The Labute approximate surface area is 169 Å². The molecule has 1 saturated carbocycles. The van der Waals surface area contributed by atoms with Gasteiger partial charge in [0, 0.05) is 25.3 Å². The third-order valence-electron chi connectivity index (χ3n) is 5.69. The molecule has 2 N–H and O–H groups in total. The Morgan fingerprint density at radius 2 is 1.93 bits per heavy atom. The summed E-state index contributed by atoms with van der Waals surface area (Å²) >= 11 is 0. The Kier molecular flexibility index (Phi) is 7.31. The molecule has 6 nitrogen and oxygen atoms in total. The van der Waals surface area contributed by atoms with Gasteiger partial charge in [-0.15, -0.1) is 0 Å². The highest BCUT2D eigenvalue weighted by Crippen LogP contribution is 2.36. The van der Waals surface area contributed by atoms with Crippen molar-refractivity contribution < 1.29 is 4.79 Å². The number of nitrogens with zero attached hydrogens (tertiary/aromatic N) is 3. The average molecular weight is 386 g/mol. The Hall–Kier alpha value is -2.08. The average Bonchev–Trinajstić information content (AvgIpc) is 3.08. The molecule has 154 valence electrons. The van der Waals surface area contributed by atoms with Gasteiger partial charge in [-0.2, -0.15) is 0 Å². The fourth-order valence-corrected chi connectivity index (χ4v) is 4.41. The van der Waals surface area contributed by atoms with Crippen molar-refractivity contribution in [1.29, 1.82) is 0 Å².